The molecule has 6 heteroatoms. The van der Waals surface area contributed by atoms with Crippen molar-refractivity contribution in [2.45, 2.75) is 6.92 Å². The van der Waals surface area contributed by atoms with Crippen molar-refractivity contribution in [2.24, 2.45) is 0 Å². The second-order valence-corrected chi connectivity index (χ2v) is 3.20. The Morgan fingerprint density at radius 1 is 1.33 bits per heavy atom. The fourth-order valence-electron chi connectivity index (χ4n) is 1.66. The van der Waals surface area contributed by atoms with Gasteiger partial charge in [-0.05, 0) is 6.92 Å². The van der Waals surface area contributed by atoms with Gasteiger partial charge in [-0.3, -0.25) is 0 Å². The molecule has 1 aliphatic rings. The number of carbonyl (C=O) groups is 2. The molecule has 0 amide bonds. The molecule has 0 bridgehead atoms. The normalized spacial score (nSPS) is 14.5. The first-order valence-corrected chi connectivity index (χ1v) is 4.29. The Hall–Kier alpha value is -2.24. The number of hydrogen-bond donors (Lipinski definition) is 0. The number of esters is 2. The van der Waals surface area contributed by atoms with Gasteiger partial charge in [-0.15, -0.1) is 0 Å². The molecule has 0 unspecified atom stereocenters. The third-order valence-corrected chi connectivity index (χ3v) is 2.35. The van der Waals surface area contributed by atoms with Crippen LogP contribution in [-0.4, -0.2) is 26.5 Å². The van der Waals surface area contributed by atoms with Crippen LogP contribution in [0.3, 0.4) is 0 Å². The van der Waals surface area contributed by atoms with E-state index >= 15 is 0 Å². The summed E-state index contributed by atoms with van der Waals surface area (Å²) in [5, 5.41) is 3.99. The van der Waals surface area contributed by atoms with E-state index in [1.165, 1.54) is 4.52 Å². The van der Waals surface area contributed by atoms with Crippen LogP contribution in [0.1, 0.15) is 26.5 Å². The Balaban J connectivity index is 2.51. The van der Waals surface area contributed by atoms with Gasteiger partial charge in [0, 0.05) is 6.07 Å². The van der Waals surface area contributed by atoms with Gasteiger partial charge >= 0.3 is 11.9 Å². The molecule has 2 aromatic heterocycles. The van der Waals surface area contributed by atoms with Crippen LogP contribution in [0, 0.1) is 6.92 Å². The van der Waals surface area contributed by atoms with Gasteiger partial charge in [-0.25, -0.2) is 19.1 Å². The van der Waals surface area contributed by atoms with Crippen LogP contribution in [0.2, 0.25) is 0 Å². The van der Waals surface area contributed by atoms with E-state index < -0.39 is 11.9 Å². The maximum absolute atomic E-state index is 11.3. The molecule has 0 fully saturated rings. The number of hydrogen-bond acceptors (Lipinski definition) is 5. The highest BCUT2D eigenvalue weighted by Crippen LogP contribution is 2.22. The summed E-state index contributed by atoms with van der Waals surface area (Å²) in [6.07, 6.45) is 1.56. The van der Waals surface area contributed by atoms with Crippen LogP contribution in [0.4, 0.5) is 0 Å². The summed E-state index contributed by atoms with van der Waals surface area (Å²) in [4.78, 5) is 26.6. The summed E-state index contributed by atoms with van der Waals surface area (Å²) < 4.78 is 5.97. The first-order valence-electron chi connectivity index (χ1n) is 4.29. The Bertz CT molecular complexity index is 614. The number of aryl methyl sites for hydroxylation is 1. The molecule has 0 saturated carbocycles. The molecule has 0 N–H and O–H groups in total. The average Bonchev–Trinajstić information content (AvgIpc) is 2.73. The van der Waals surface area contributed by atoms with Crippen molar-refractivity contribution in [2.75, 3.05) is 0 Å². The first-order chi connectivity index (χ1) is 7.18. The standard InChI is InChI=1S/C9H5N3O3/c1-4-6-7(9(14)15-8(6)13)11-5-2-3-10-12(4)5/h2-3H,1H3. The lowest BCUT2D eigenvalue weighted by Gasteiger charge is -2.00. The molecule has 1 aliphatic heterocycles. The van der Waals surface area contributed by atoms with Crippen molar-refractivity contribution in [3.63, 3.8) is 0 Å². The predicted octanol–water partition coefficient (Wildman–Crippen LogP) is 0.348. The van der Waals surface area contributed by atoms with Gasteiger partial charge in [0.15, 0.2) is 11.3 Å². The Labute approximate surface area is 83.5 Å². The van der Waals surface area contributed by atoms with Gasteiger partial charge in [0.25, 0.3) is 0 Å². The number of cyclic esters (lactones) is 2. The van der Waals surface area contributed by atoms with Crippen LogP contribution in [-0.2, 0) is 4.74 Å². The fourth-order valence-corrected chi connectivity index (χ4v) is 1.66. The SMILES string of the molecule is Cc1c2c(nc3ccnn13)C(=O)OC2=O. The summed E-state index contributed by atoms with van der Waals surface area (Å²) in [7, 11) is 0. The average molecular weight is 203 g/mol. The topological polar surface area (TPSA) is 73.6 Å². The highest BCUT2D eigenvalue weighted by Gasteiger charge is 2.34. The first kappa shape index (κ1) is 8.10. The van der Waals surface area contributed by atoms with Gasteiger partial charge < -0.3 is 4.74 Å². The molecular weight excluding hydrogens is 198 g/mol. The summed E-state index contributed by atoms with van der Waals surface area (Å²) in [5.41, 5.74) is 1.37. The van der Waals surface area contributed by atoms with Crippen molar-refractivity contribution < 1.29 is 14.3 Å². The zero-order chi connectivity index (χ0) is 10.6. The van der Waals surface area contributed by atoms with Crippen molar-refractivity contribution in [3.8, 4) is 0 Å². The van der Waals surface area contributed by atoms with E-state index in [4.69, 9.17) is 0 Å². The van der Waals surface area contributed by atoms with E-state index in [0.717, 1.165) is 0 Å². The summed E-state index contributed by atoms with van der Waals surface area (Å²) in [6, 6.07) is 1.66. The van der Waals surface area contributed by atoms with Crippen LogP contribution < -0.4 is 0 Å². The fraction of sp³-hybridized carbons (Fsp3) is 0.111. The predicted molar refractivity (Wildman–Crippen MR) is 47.5 cm³/mol. The van der Waals surface area contributed by atoms with Gasteiger partial charge in [-0.1, -0.05) is 0 Å². The highest BCUT2D eigenvalue weighted by atomic mass is 16.6. The van der Waals surface area contributed by atoms with E-state index in [-0.39, 0.29) is 11.3 Å². The summed E-state index contributed by atoms with van der Waals surface area (Å²) in [5.74, 6) is -1.35. The minimum absolute atomic E-state index is 0.0745. The van der Waals surface area contributed by atoms with E-state index in [0.29, 0.717) is 11.3 Å². The zero-order valence-corrected chi connectivity index (χ0v) is 7.72. The molecular formula is C9H5N3O3. The minimum Gasteiger partial charge on any atom is -0.384 e. The maximum atomic E-state index is 11.3. The Morgan fingerprint density at radius 3 is 2.93 bits per heavy atom. The van der Waals surface area contributed by atoms with E-state index in [1.54, 1.807) is 19.2 Å². The van der Waals surface area contributed by atoms with Crippen LogP contribution in [0.5, 0.6) is 0 Å². The van der Waals surface area contributed by atoms with Crippen LogP contribution in [0.15, 0.2) is 12.3 Å². The monoisotopic (exact) mass is 203 g/mol. The minimum atomic E-state index is -0.693. The van der Waals surface area contributed by atoms with Gasteiger partial charge in [0.2, 0.25) is 0 Å². The quantitative estimate of drug-likeness (QED) is 0.456. The number of nitrogens with zero attached hydrogens (tertiary/aromatic N) is 3. The maximum Gasteiger partial charge on any atom is 0.365 e. The summed E-state index contributed by atoms with van der Waals surface area (Å²) >= 11 is 0. The molecule has 2 aromatic rings. The molecule has 3 rings (SSSR count). The molecule has 6 nitrogen and oxygen atoms in total. The highest BCUT2D eigenvalue weighted by molar-refractivity contribution is 6.14. The van der Waals surface area contributed by atoms with Crippen molar-refractivity contribution in [3.05, 3.63) is 29.2 Å². The lowest BCUT2D eigenvalue weighted by atomic mass is 10.2. The molecule has 0 atom stereocenters. The van der Waals surface area contributed by atoms with E-state index in [2.05, 4.69) is 14.8 Å². The lowest BCUT2D eigenvalue weighted by molar-refractivity contribution is 0.0441. The molecule has 15 heavy (non-hydrogen) atoms. The molecule has 0 saturated heterocycles. The largest absolute Gasteiger partial charge is 0.384 e. The van der Waals surface area contributed by atoms with Gasteiger partial charge in [-0.2, -0.15) is 5.10 Å². The number of aromatic nitrogens is 3. The molecule has 0 aliphatic carbocycles. The zero-order valence-electron chi connectivity index (χ0n) is 7.72. The molecule has 3 heterocycles. The van der Waals surface area contributed by atoms with Crippen LogP contribution in [0.25, 0.3) is 5.65 Å². The van der Waals surface area contributed by atoms with Crippen molar-refractivity contribution in [1.82, 2.24) is 14.6 Å². The van der Waals surface area contributed by atoms with Crippen molar-refractivity contribution >= 4 is 17.6 Å². The van der Waals surface area contributed by atoms with Crippen molar-refractivity contribution in [1.29, 1.82) is 0 Å². The Kier molecular flexibility index (Phi) is 1.30. The molecule has 0 aromatic carbocycles. The molecule has 0 radical (unpaired) electrons. The van der Waals surface area contributed by atoms with E-state index in [9.17, 15) is 9.59 Å². The number of fused-ring (bicyclic) bond motifs is 2. The second kappa shape index (κ2) is 2.41. The second-order valence-electron chi connectivity index (χ2n) is 3.20. The van der Waals surface area contributed by atoms with Crippen LogP contribution >= 0.6 is 0 Å². The number of rotatable bonds is 0. The third kappa shape index (κ3) is 0.876. The molecule has 0 spiro atoms. The third-order valence-electron chi connectivity index (χ3n) is 2.35. The Morgan fingerprint density at radius 2 is 2.13 bits per heavy atom. The number of carbonyl (C=O) groups excluding carboxylic acids is 2. The van der Waals surface area contributed by atoms with Gasteiger partial charge in [0.1, 0.15) is 5.56 Å². The number of ether oxygens (including phenoxy) is 1. The lowest BCUT2D eigenvalue weighted by Crippen LogP contribution is -2.06. The summed E-state index contributed by atoms with van der Waals surface area (Å²) in [6.45, 7) is 1.69. The van der Waals surface area contributed by atoms with E-state index in [1.807, 2.05) is 0 Å². The van der Waals surface area contributed by atoms with Gasteiger partial charge in [0.05, 0.1) is 11.9 Å². The smallest absolute Gasteiger partial charge is 0.365 e. The molecule has 74 valence electrons.